The number of aromatic nitrogens is 3. The maximum Gasteiger partial charge on any atom is 0.258 e. The number of hydrogen-bond donors (Lipinski definition) is 2. The van der Waals surface area contributed by atoms with E-state index >= 15 is 0 Å². The molecule has 0 aliphatic rings. The average Bonchev–Trinajstić information content (AvgIpc) is 2.85. The van der Waals surface area contributed by atoms with Crippen molar-refractivity contribution in [3.8, 4) is 11.8 Å². The Morgan fingerprint density at radius 1 is 1.40 bits per heavy atom. The molecule has 1 aromatic heterocycles. The summed E-state index contributed by atoms with van der Waals surface area (Å²) < 4.78 is 1.48. The highest BCUT2D eigenvalue weighted by molar-refractivity contribution is 6.03. The van der Waals surface area contributed by atoms with E-state index in [0.29, 0.717) is 17.9 Å². The zero-order valence-corrected chi connectivity index (χ0v) is 11.0. The standard InChI is InChI=1S/C14H14N4O2/c1-18-14(15-10-16-18)17-13(20)12-7-5-11(6-8-12)4-2-3-9-19/h5-8,10,19H,3,9H2,1H3,(H,15,16,17,20). The van der Waals surface area contributed by atoms with Gasteiger partial charge >= 0.3 is 0 Å². The van der Waals surface area contributed by atoms with Crippen LogP contribution in [-0.2, 0) is 7.05 Å². The fourth-order valence-electron chi connectivity index (χ4n) is 1.51. The summed E-state index contributed by atoms with van der Waals surface area (Å²) in [4.78, 5) is 15.9. The van der Waals surface area contributed by atoms with Gasteiger partial charge in [0.25, 0.3) is 5.91 Å². The van der Waals surface area contributed by atoms with Crippen LogP contribution in [0.4, 0.5) is 5.95 Å². The van der Waals surface area contributed by atoms with E-state index in [1.807, 2.05) is 0 Å². The molecular formula is C14H14N4O2. The highest BCUT2D eigenvalue weighted by Gasteiger charge is 2.08. The van der Waals surface area contributed by atoms with Gasteiger partial charge in [-0.15, -0.1) is 0 Å². The minimum Gasteiger partial charge on any atom is -0.395 e. The van der Waals surface area contributed by atoms with Gasteiger partial charge in [-0.1, -0.05) is 11.8 Å². The summed E-state index contributed by atoms with van der Waals surface area (Å²) in [6.45, 7) is 0.0468. The summed E-state index contributed by atoms with van der Waals surface area (Å²) in [5, 5.41) is 15.2. The van der Waals surface area contributed by atoms with E-state index in [4.69, 9.17) is 5.11 Å². The van der Waals surface area contributed by atoms with Gasteiger partial charge in [-0.3, -0.25) is 10.1 Å². The minimum atomic E-state index is -0.254. The number of hydrogen-bond acceptors (Lipinski definition) is 4. The second-order valence-corrected chi connectivity index (χ2v) is 4.01. The molecule has 102 valence electrons. The van der Waals surface area contributed by atoms with Gasteiger partial charge in [-0.25, -0.2) is 4.68 Å². The molecule has 6 heteroatoms. The smallest absolute Gasteiger partial charge is 0.258 e. The number of anilines is 1. The second kappa shape index (κ2) is 6.50. The Morgan fingerprint density at radius 2 is 2.15 bits per heavy atom. The number of benzene rings is 1. The predicted molar refractivity (Wildman–Crippen MR) is 74.0 cm³/mol. The van der Waals surface area contributed by atoms with Gasteiger partial charge in [0.2, 0.25) is 5.95 Å². The van der Waals surface area contributed by atoms with Crippen molar-refractivity contribution in [2.45, 2.75) is 6.42 Å². The van der Waals surface area contributed by atoms with Crippen LogP contribution in [0.15, 0.2) is 30.6 Å². The fourth-order valence-corrected chi connectivity index (χ4v) is 1.51. The summed E-state index contributed by atoms with van der Waals surface area (Å²) in [6, 6.07) is 6.90. The molecule has 0 saturated carbocycles. The lowest BCUT2D eigenvalue weighted by Gasteiger charge is -2.03. The molecule has 0 radical (unpaired) electrons. The molecule has 0 spiro atoms. The van der Waals surface area contributed by atoms with Gasteiger partial charge in [0.05, 0.1) is 6.61 Å². The number of carbonyl (C=O) groups is 1. The van der Waals surface area contributed by atoms with Crippen molar-refractivity contribution in [3.05, 3.63) is 41.7 Å². The van der Waals surface area contributed by atoms with Gasteiger partial charge in [0.15, 0.2) is 0 Å². The maximum absolute atomic E-state index is 12.0. The van der Waals surface area contributed by atoms with Gasteiger partial charge < -0.3 is 5.11 Å². The SMILES string of the molecule is Cn1ncnc1NC(=O)c1ccc(C#CCCO)cc1. The van der Waals surface area contributed by atoms with E-state index < -0.39 is 0 Å². The van der Waals surface area contributed by atoms with E-state index in [1.54, 1.807) is 31.3 Å². The second-order valence-electron chi connectivity index (χ2n) is 4.01. The van der Waals surface area contributed by atoms with Crippen molar-refractivity contribution in [2.24, 2.45) is 7.05 Å². The number of nitrogens with zero attached hydrogens (tertiary/aromatic N) is 3. The zero-order valence-electron chi connectivity index (χ0n) is 11.0. The van der Waals surface area contributed by atoms with E-state index in [0.717, 1.165) is 5.56 Å². The number of aryl methyl sites for hydroxylation is 1. The Balaban J connectivity index is 2.05. The Hall–Kier alpha value is -2.65. The van der Waals surface area contributed by atoms with Crippen molar-refractivity contribution in [3.63, 3.8) is 0 Å². The molecule has 1 heterocycles. The Morgan fingerprint density at radius 3 is 2.75 bits per heavy atom. The highest BCUT2D eigenvalue weighted by atomic mass is 16.2. The molecular weight excluding hydrogens is 256 g/mol. The van der Waals surface area contributed by atoms with Gasteiger partial charge in [0.1, 0.15) is 6.33 Å². The molecule has 2 rings (SSSR count). The molecule has 6 nitrogen and oxygen atoms in total. The normalized spacial score (nSPS) is 9.70. The molecule has 1 amide bonds. The van der Waals surface area contributed by atoms with E-state index in [1.165, 1.54) is 11.0 Å². The fraction of sp³-hybridized carbons (Fsp3) is 0.214. The van der Waals surface area contributed by atoms with Crippen LogP contribution in [0.3, 0.4) is 0 Å². The maximum atomic E-state index is 12.0. The summed E-state index contributed by atoms with van der Waals surface area (Å²) >= 11 is 0. The monoisotopic (exact) mass is 270 g/mol. The number of amides is 1. The van der Waals surface area contributed by atoms with Crippen molar-refractivity contribution >= 4 is 11.9 Å². The summed E-state index contributed by atoms with van der Waals surface area (Å²) in [5.74, 6) is 5.86. The van der Waals surface area contributed by atoms with Crippen LogP contribution in [0.2, 0.25) is 0 Å². The van der Waals surface area contributed by atoms with Crippen LogP contribution in [-0.4, -0.2) is 32.4 Å². The number of carbonyl (C=O) groups excluding carboxylic acids is 1. The van der Waals surface area contributed by atoms with Crippen LogP contribution in [0.1, 0.15) is 22.3 Å². The quantitative estimate of drug-likeness (QED) is 0.808. The molecule has 2 N–H and O–H groups in total. The number of aliphatic hydroxyl groups is 1. The van der Waals surface area contributed by atoms with Crippen LogP contribution < -0.4 is 5.32 Å². The van der Waals surface area contributed by atoms with Gasteiger partial charge in [-0.05, 0) is 24.3 Å². The largest absolute Gasteiger partial charge is 0.395 e. The Bertz CT molecular complexity index is 650. The first-order chi connectivity index (χ1) is 9.70. The van der Waals surface area contributed by atoms with Gasteiger partial charge in [0, 0.05) is 24.6 Å². The van der Waals surface area contributed by atoms with Crippen molar-refractivity contribution in [1.29, 1.82) is 0 Å². The van der Waals surface area contributed by atoms with Crippen LogP contribution >= 0.6 is 0 Å². The predicted octanol–water partition coefficient (Wildman–Crippen LogP) is 0.801. The van der Waals surface area contributed by atoms with E-state index in [9.17, 15) is 4.79 Å². The lowest BCUT2D eigenvalue weighted by Crippen LogP contribution is -2.15. The van der Waals surface area contributed by atoms with Crippen LogP contribution in [0, 0.1) is 11.8 Å². The molecule has 20 heavy (non-hydrogen) atoms. The first kappa shape index (κ1) is 13.8. The number of aliphatic hydroxyl groups excluding tert-OH is 1. The molecule has 0 aliphatic heterocycles. The first-order valence-electron chi connectivity index (χ1n) is 6.06. The van der Waals surface area contributed by atoms with Gasteiger partial charge in [-0.2, -0.15) is 10.1 Å². The van der Waals surface area contributed by atoms with E-state index in [2.05, 4.69) is 27.2 Å². The summed E-state index contributed by atoms with van der Waals surface area (Å²) in [6.07, 6.45) is 1.81. The molecule has 2 aromatic rings. The lowest BCUT2D eigenvalue weighted by molar-refractivity contribution is 0.102. The Kier molecular flexibility index (Phi) is 4.47. The third-order valence-corrected chi connectivity index (χ3v) is 2.55. The zero-order chi connectivity index (χ0) is 14.4. The molecule has 0 unspecified atom stereocenters. The third-order valence-electron chi connectivity index (χ3n) is 2.55. The highest BCUT2D eigenvalue weighted by Crippen LogP contribution is 2.07. The average molecular weight is 270 g/mol. The van der Waals surface area contributed by atoms with Crippen molar-refractivity contribution in [1.82, 2.24) is 14.8 Å². The van der Waals surface area contributed by atoms with Crippen molar-refractivity contribution < 1.29 is 9.90 Å². The lowest BCUT2D eigenvalue weighted by atomic mass is 10.1. The molecule has 0 bridgehead atoms. The molecule has 0 atom stereocenters. The molecule has 1 aromatic carbocycles. The van der Waals surface area contributed by atoms with E-state index in [-0.39, 0.29) is 12.5 Å². The number of nitrogens with one attached hydrogen (secondary N) is 1. The topological polar surface area (TPSA) is 80.0 Å². The summed E-state index contributed by atoms with van der Waals surface area (Å²) in [5.41, 5.74) is 1.31. The molecule has 0 saturated heterocycles. The number of rotatable bonds is 3. The van der Waals surface area contributed by atoms with Crippen LogP contribution in [0.25, 0.3) is 0 Å². The third kappa shape index (κ3) is 3.43. The first-order valence-corrected chi connectivity index (χ1v) is 6.06. The van der Waals surface area contributed by atoms with Crippen LogP contribution in [0.5, 0.6) is 0 Å². The Labute approximate surface area is 116 Å². The molecule has 0 fully saturated rings. The van der Waals surface area contributed by atoms with Crippen molar-refractivity contribution in [2.75, 3.05) is 11.9 Å². The molecule has 0 aliphatic carbocycles. The summed E-state index contributed by atoms with van der Waals surface area (Å²) in [7, 11) is 1.70. The minimum absolute atomic E-state index is 0.0468.